The van der Waals surface area contributed by atoms with Gasteiger partial charge >= 0.3 is 0 Å². The molecule has 5 nitrogen and oxygen atoms in total. The normalized spacial score (nSPS) is 15.0. The van der Waals surface area contributed by atoms with E-state index in [9.17, 15) is 9.18 Å². The first-order chi connectivity index (χ1) is 12.1. The first-order valence-corrected chi connectivity index (χ1v) is 8.51. The van der Waals surface area contributed by atoms with Crippen molar-refractivity contribution in [2.75, 3.05) is 7.05 Å². The summed E-state index contributed by atoms with van der Waals surface area (Å²) in [6.07, 6.45) is 6.12. The highest BCUT2D eigenvalue weighted by Gasteiger charge is 2.25. The van der Waals surface area contributed by atoms with E-state index in [0.29, 0.717) is 28.5 Å². The lowest BCUT2D eigenvalue weighted by Gasteiger charge is -2.23. The van der Waals surface area contributed by atoms with Crippen molar-refractivity contribution in [3.63, 3.8) is 0 Å². The molecule has 25 heavy (non-hydrogen) atoms. The highest BCUT2D eigenvalue weighted by molar-refractivity contribution is 5.92. The second-order valence-corrected chi connectivity index (χ2v) is 6.56. The third-order valence-corrected chi connectivity index (χ3v) is 4.98. The third kappa shape index (κ3) is 2.88. The van der Waals surface area contributed by atoms with E-state index in [-0.39, 0.29) is 11.7 Å². The Labute approximate surface area is 144 Å². The molecule has 2 aromatic heterocycles. The molecule has 1 fully saturated rings. The van der Waals surface area contributed by atoms with Gasteiger partial charge in [-0.2, -0.15) is 0 Å². The molecule has 1 N–H and O–H groups in total. The molecule has 0 saturated heterocycles. The summed E-state index contributed by atoms with van der Waals surface area (Å²) >= 11 is 0. The molecule has 6 heteroatoms. The maximum atomic E-state index is 14.1. The van der Waals surface area contributed by atoms with E-state index < -0.39 is 0 Å². The van der Waals surface area contributed by atoms with Crippen LogP contribution in [0.5, 0.6) is 0 Å². The first-order valence-electron chi connectivity index (χ1n) is 8.51. The van der Waals surface area contributed by atoms with Crippen LogP contribution in [0.15, 0.2) is 36.5 Å². The Morgan fingerprint density at radius 2 is 2.00 bits per heavy atom. The van der Waals surface area contributed by atoms with Gasteiger partial charge in [0.05, 0.1) is 11.2 Å². The largest absolute Gasteiger partial charge is 0.359 e. The Bertz CT molecular complexity index is 913. The zero-order valence-electron chi connectivity index (χ0n) is 14.0. The molecular weight excluding hydrogens is 319 g/mol. The number of nitrogens with zero attached hydrogens (tertiary/aromatic N) is 3. The van der Waals surface area contributed by atoms with Crippen molar-refractivity contribution in [2.24, 2.45) is 0 Å². The molecule has 0 atom stereocenters. The quantitative estimate of drug-likeness (QED) is 0.790. The second kappa shape index (κ2) is 6.27. The lowest BCUT2D eigenvalue weighted by molar-refractivity contribution is 0.0728. The zero-order valence-corrected chi connectivity index (χ0v) is 14.0. The zero-order chi connectivity index (χ0) is 17.4. The van der Waals surface area contributed by atoms with E-state index in [1.807, 2.05) is 19.2 Å². The number of halogens is 1. The average molecular weight is 338 g/mol. The maximum Gasteiger partial charge on any atom is 0.274 e. The molecule has 1 aromatic carbocycles. The number of rotatable bonds is 3. The van der Waals surface area contributed by atoms with Crippen LogP contribution in [0, 0.1) is 5.82 Å². The fourth-order valence-corrected chi connectivity index (χ4v) is 3.51. The van der Waals surface area contributed by atoms with Gasteiger partial charge in [0.15, 0.2) is 5.69 Å². The number of hydrogen-bond acceptors (Lipinski definition) is 3. The van der Waals surface area contributed by atoms with Crippen molar-refractivity contribution < 1.29 is 9.18 Å². The van der Waals surface area contributed by atoms with Gasteiger partial charge in [0.1, 0.15) is 5.82 Å². The van der Waals surface area contributed by atoms with Crippen molar-refractivity contribution in [1.82, 2.24) is 20.1 Å². The van der Waals surface area contributed by atoms with Gasteiger partial charge in [0.2, 0.25) is 0 Å². The van der Waals surface area contributed by atoms with E-state index in [1.54, 1.807) is 23.2 Å². The lowest BCUT2D eigenvalue weighted by atomic mass is 10.1. The summed E-state index contributed by atoms with van der Waals surface area (Å²) in [7, 11) is 1.82. The summed E-state index contributed by atoms with van der Waals surface area (Å²) in [6.45, 7) is 0. The Hall–Kier alpha value is -2.76. The van der Waals surface area contributed by atoms with Crippen LogP contribution >= 0.6 is 0 Å². The van der Waals surface area contributed by atoms with E-state index >= 15 is 0 Å². The second-order valence-electron chi connectivity index (χ2n) is 6.56. The molecular formula is C19H19FN4O. The summed E-state index contributed by atoms with van der Waals surface area (Å²) in [5.74, 6) is -0.446. The average Bonchev–Trinajstić information content (AvgIpc) is 3.32. The molecule has 0 unspecified atom stereocenters. The number of benzene rings is 1. The third-order valence-electron chi connectivity index (χ3n) is 4.98. The molecule has 4 rings (SSSR count). The number of fused-ring (bicyclic) bond motifs is 1. The summed E-state index contributed by atoms with van der Waals surface area (Å²) < 4.78 is 14.1. The van der Waals surface area contributed by atoms with Gasteiger partial charge in [-0.25, -0.2) is 4.39 Å². The maximum absolute atomic E-state index is 14.1. The highest BCUT2D eigenvalue weighted by atomic mass is 19.1. The summed E-state index contributed by atoms with van der Waals surface area (Å²) in [5.41, 5.74) is 1.98. The van der Waals surface area contributed by atoms with Crippen LogP contribution in [0.25, 0.3) is 22.2 Å². The molecule has 0 radical (unpaired) electrons. The number of hydrogen-bond donors (Lipinski definition) is 1. The number of H-pyrrole nitrogens is 1. The van der Waals surface area contributed by atoms with E-state index in [2.05, 4.69) is 15.2 Å². The van der Waals surface area contributed by atoms with Crippen molar-refractivity contribution in [3.8, 4) is 11.3 Å². The SMILES string of the molecule is CN(C(=O)c1ccc(-c2cc(F)c3[nH]ccc3c2)nn1)C1CCCC1. The van der Waals surface area contributed by atoms with Gasteiger partial charge in [0.25, 0.3) is 5.91 Å². The minimum absolute atomic E-state index is 0.113. The van der Waals surface area contributed by atoms with Gasteiger partial charge in [-0.05, 0) is 43.2 Å². The van der Waals surface area contributed by atoms with Crippen LogP contribution < -0.4 is 0 Å². The Morgan fingerprint density at radius 3 is 2.72 bits per heavy atom. The molecule has 3 aromatic rings. The van der Waals surface area contributed by atoms with Crippen LogP contribution in [0.4, 0.5) is 4.39 Å². The van der Waals surface area contributed by atoms with E-state index in [0.717, 1.165) is 18.2 Å². The smallest absolute Gasteiger partial charge is 0.274 e. The van der Waals surface area contributed by atoms with Gasteiger partial charge in [-0.3, -0.25) is 4.79 Å². The lowest BCUT2D eigenvalue weighted by Crippen LogP contribution is -2.35. The minimum atomic E-state index is -0.333. The number of carbonyl (C=O) groups excluding carboxylic acids is 1. The minimum Gasteiger partial charge on any atom is -0.359 e. The molecule has 0 aliphatic heterocycles. The summed E-state index contributed by atoms with van der Waals surface area (Å²) in [5, 5.41) is 8.99. The van der Waals surface area contributed by atoms with Crippen molar-refractivity contribution in [2.45, 2.75) is 31.7 Å². The summed E-state index contributed by atoms with van der Waals surface area (Å²) in [4.78, 5) is 17.2. The molecule has 1 aliphatic carbocycles. The van der Waals surface area contributed by atoms with Gasteiger partial charge in [0, 0.05) is 30.2 Å². The van der Waals surface area contributed by atoms with Crippen LogP contribution in [-0.2, 0) is 0 Å². The number of aromatic nitrogens is 3. The van der Waals surface area contributed by atoms with E-state index in [4.69, 9.17) is 0 Å². The Kier molecular flexibility index (Phi) is 3.95. The topological polar surface area (TPSA) is 61.9 Å². The monoisotopic (exact) mass is 338 g/mol. The van der Waals surface area contributed by atoms with Crippen LogP contribution in [0.1, 0.15) is 36.2 Å². The molecule has 1 amide bonds. The van der Waals surface area contributed by atoms with E-state index in [1.165, 1.54) is 18.9 Å². The van der Waals surface area contributed by atoms with Crippen LogP contribution in [0.2, 0.25) is 0 Å². The van der Waals surface area contributed by atoms with Crippen molar-refractivity contribution in [3.05, 3.63) is 48.0 Å². The predicted molar refractivity (Wildman–Crippen MR) is 93.6 cm³/mol. The molecule has 0 bridgehead atoms. The fourth-order valence-electron chi connectivity index (χ4n) is 3.51. The fraction of sp³-hybridized carbons (Fsp3) is 0.316. The number of amides is 1. The van der Waals surface area contributed by atoms with Gasteiger partial charge < -0.3 is 9.88 Å². The number of nitrogens with one attached hydrogen (secondary N) is 1. The van der Waals surface area contributed by atoms with Crippen LogP contribution in [0.3, 0.4) is 0 Å². The Morgan fingerprint density at radius 1 is 1.20 bits per heavy atom. The van der Waals surface area contributed by atoms with Crippen molar-refractivity contribution in [1.29, 1.82) is 0 Å². The Balaban J connectivity index is 1.59. The molecule has 1 saturated carbocycles. The molecule has 0 spiro atoms. The standard InChI is InChI=1S/C19H19FN4O/c1-24(14-4-2-3-5-14)19(25)17-7-6-16(22-23-17)13-10-12-8-9-21-18(12)15(20)11-13/h6-11,14,21H,2-5H2,1H3. The molecule has 1 aliphatic rings. The van der Waals surface area contributed by atoms with Crippen LogP contribution in [-0.4, -0.2) is 39.1 Å². The van der Waals surface area contributed by atoms with Gasteiger partial charge in [-0.15, -0.1) is 10.2 Å². The predicted octanol–water partition coefficient (Wildman–Crippen LogP) is 3.78. The molecule has 2 heterocycles. The van der Waals surface area contributed by atoms with Gasteiger partial charge in [-0.1, -0.05) is 12.8 Å². The highest BCUT2D eigenvalue weighted by Crippen LogP contribution is 2.26. The van der Waals surface area contributed by atoms with Crippen molar-refractivity contribution >= 4 is 16.8 Å². The number of carbonyl (C=O) groups is 1. The molecule has 128 valence electrons. The first kappa shape index (κ1) is 15.7. The summed E-state index contributed by atoms with van der Waals surface area (Å²) in [6, 6.07) is 8.76. The number of aromatic amines is 1.